The van der Waals surface area contributed by atoms with E-state index in [2.05, 4.69) is 22.5 Å². The summed E-state index contributed by atoms with van der Waals surface area (Å²) < 4.78 is 0. The summed E-state index contributed by atoms with van der Waals surface area (Å²) in [5, 5.41) is 7.02. The van der Waals surface area contributed by atoms with Crippen molar-refractivity contribution in [3.63, 3.8) is 0 Å². The first kappa shape index (κ1) is 15.6. The van der Waals surface area contributed by atoms with Crippen LogP contribution in [0.2, 0.25) is 10.0 Å². The molecule has 1 aromatic carbocycles. The maximum atomic E-state index is 12.0. The van der Waals surface area contributed by atoms with Gasteiger partial charge < -0.3 is 5.32 Å². The Morgan fingerprint density at radius 1 is 1.36 bits per heavy atom. The average molecular weight is 356 g/mol. The third kappa shape index (κ3) is 3.54. The fourth-order valence-electron chi connectivity index (χ4n) is 2.43. The van der Waals surface area contributed by atoms with Crippen LogP contribution in [0.15, 0.2) is 18.2 Å². The number of nitrogens with zero attached hydrogens (tertiary/aromatic N) is 1. The molecule has 0 saturated carbocycles. The molecule has 0 fully saturated rings. The molecule has 7 heteroatoms. The standard InChI is InChI=1S/C15H15Cl2N3OS/c1-8-2-4-12-13(6-8)22-15(19-12)20-14(21)18-11-5-3-9(16)7-10(11)17/h3,5,7-8H,2,4,6H2,1H3,(H2,18,19,20,21). The van der Waals surface area contributed by atoms with Crippen LogP contribution in [0.1, 0.15) is 23.9 Å². The van der Waals surface area contributed by atoms with Gasteiger partial charge in [0.25, 0.3) is 0 Å². The lowest BCUT2D eigenvalue weighted by Crippen LogP contribution is -2.19. The monoisotopic (exact) mass is 355 g/mol. The van der Waals surface area contributed by atoms with Crippen molar-refractivity contribution in [3.8, 4) is 0 Å². The highest BCUT2D eigenvalue weighted by atomic mass is 35.5. The molecule has 22 heavy (non-hydrogen) atoms. The molecule has 1 heterocycles. The summed E-state index contributed by atoms with van der Waals surface area (Å²) in [6.45, 7) is 2.24. The molecule has 0 bridgehead atoms. The van der Waals surface area contributed by atoms with Gasteiger partial charge in [-0.15, -0.1) is 11.3 Å². The van der Waals surface area contributed by atoms with Crippen molar-refractivity contribution < 1.29 is 4.79 Å². The summed E-state index contributed by atoms with van der Waals surface area (Å²) in [6.07, 6.45) is 3.18. The summed E-state index contributed by atoms with van der Waals surface area (Å²) in [5.41, 5.74) is 1.63. The van der Waals surface area contributed by atoms with Gasteiger partial charge in [0.2, 0.25) is 0 Å². The summed E-state index contributed by atoms with van der Waals surface area (Å²) in [5.74, 6) is 0.683. The van der Waals surface area contributed by atoms with Crippen LogP contribution in [0.4, 0.5) is 15.6 Å². The molecule has 4 nitrogen and oxygen atoms in total. The van der Waals surface area contributed by atoms with E-state index in [-0.39, 0.29) is 6.03 Å². The number of nitrogens with one attached hydrogen (secondary N) is 2. The molecule has 0 radical (unpaired) electrons. The first-order valence-corrected chi connectivity index (χ1v) is 8.60. The van der Waals surface area contributed by atoms with Crippen molar-refractivity contribution in [2.24, 2.45) is 5.92 Å². The lowest BCUT2D eigenvalue weighted by Gasteiger charge is -2.15. The molecular weight excluding hydrogens is 341 g/mol. The summed E-state index contributed by atoms with van der Waals surface area (Å²) >= 11 is 13.4. The third-order valence-electron chi connectivity index (χ3n) is 3.59. The van der Waals surface area contributed by atoms with Crippen LogP contribution in [0, 0.1) is 5.92 Å². The highest BCUT2D eigenvalue weighted by Crippen LogP contribution is 2.32. The van der Waals surface area contributed by atoms with Gasteiger partial charge in [-0.25, -0.2) is 9.78 Å². The van der Waals surface area contributed by atoms with E-state index in [1.54, 1.807) is 29.5 Å². The fourth-order valence-corrected chi connectivity index (χ4v) is 4.06. The number of hydrogen-bond acceptors (Lipinski definition) is 3. The van der Waals surface area contributed by atoms with E-state index in [1.807, 2.05) is 0 Å². The Balaban J connectivity index is 1.67. The highest BCUT2D eigenvalue weighted by Gasteiger charge is 2.20. The number of anilines is 2. The second-order valence-corrected chi connectivity index (χ2v) is 7.37. The molecule has 2 aromatic rings. The molecule has 3 rings (SSSR count). The number of halogens is 2. The number of amides is 2. The number of rotatable bonds is 2. The van der Waals surface area contributed by atoms with E-state index in [1.165, 1.54) is 4.88 Å². The zero-order chi connectivity index (χ0) is 15.7. The zero-order valence-electron chi connectivity index (χ0n) is 12.0. The molecule has 0 aliphatic heterocycles. The van der Waals surface area contributed by atoms with Crippen molar-refractivity contribution in [3.05, 3.63) is 38.8 Å². The van der Waals surface area contributed by atoms with Crippen molar-refractivity contribution in [1.29, 1.82) is 0 Å². The Morgan fingerprint density at radius 3 is 2.95 bits per heavy atom. The maximum absolute atomic E-state index is 12.0. The van der Waals surface area contributed by atoms with E-state index in [9.17, 15) is 4.79 Å². The van der Waals surface area contributed by atoms with Gasteiger partial charge in [0.1, 0.15) is 0 Å². The lowest BCUT2D eigenvalue weighted by atomic mass is 9.93. The van der Waals surface area contributed by atoms with Gasteiger partial charge in [0.15, 0.2) is 5.13 Å². The third-order valence-corrected chi connectivity index (χ3v) is 5.17. The number of aromatic nitrogens is 1. The summed E-state index contributed by atoms with van der Waals surface area (Å²) in [4.78, 5) is 17.8. The molecule has 0 saturated heterocycles. The predicted molar refractivity (Wildman–Crippen MR) is 92.4 cm³/mol. The van der Waals surface area contributed by atoms with Crippen molar-refractivity contribution in [2.75, 3.05) is 10.6 Å². The molecular formula is C15H15Cl2N3OS. The number of carbonyl (C=O) groups is 1. The molecule has 1 aromatic heterocycles. The van der Waals surface area contributed by atoms with E-state index in [0.717, 1.165) is 25.0 Å². The molecule has 2 amide bonds. The average Bonchev–Trinajstić information content (AvgIpc) is 2.83. The quantitative estimate of drug-likeness (QED) is 0.775. The largest absolute Gasteiger partial charge is 0.325 e. The van der Waals surface area contributed by atoms with Gasteiger partial charge >= 0.3 is 6.03 Å². The molecule has 1 unspecified atom stereocenters. The van der Waals surface area contributed by atoms with Gasteiger partial charge in [0.05, 0.1) is 16.4 Å². The van der Waals surface area contributed by atoms with E-state index < -0.39 is 0 Å². The van der Waals surface area contributed by atoms with E-state index in [4.69, 9.17) is 23.2 Å². The first-order chi connectivity index (χ1) is 10.5. The van der Waals surface area contributed by atoms with Crippen LogP contribution in [0.25, 0.3) is 0 Å². The van der Waals surface area contributed by atoms with Crippen molar-refractivity contribution in [1.82, 2.24) is 4.98 Å². The van der Waals surface area contributed by atoms with Crippen LogP contribution in [0.5, 0.6) is 0 Å². The van der Waals surface area contributed by atoms with Crippen LogP contribution < -0.4 is 10.6 Å². The van der Waals surface area contributed by atoms with Gasteiger partial charge in [0, 0.05) is 9.90 Å². The molecule has 2 N–H and O–H groups in total. The lowest BCUT2D eigenvalue weighted by molar-refractivity contribution is 0.262. The minimum absolute atomic E-state index is 0.358. The first-order valence-electron chi connectivity index (χ1n) is 7.03. The minimum Gasteiger partial charge on any atom is -0.306 e. The second kappa shape index (κ2) is 6.44. The Labute approximate surface area is 142 Å². The zero-order valence-corrected chi connectivity index (χ0v) is 14.3. The highest BCUT2D eigenvalue weighted by molar-refractivity contribution is 7.15. The van der Waals surface area contributed by atoms with Crippen LogP contribution >= 0.6 is 34.5 Å². The van der Waals surface area contributed by atoms with Crippen LogP contribution in [-0.4, -0.2) is 11.0 Å². The fraction of sp³-hybridized carbons (Fsp3) is 0.333. The van der Waals surface area contributed by atoms with Gasteiger partial charge in [-0.3, -0.25) is 5.32 Å². The topological polar surface area (TPSA) is 54.0 Å². The van der Waals surface area contributed by atoms with Gasteiger partial charge in [-0.2, -0.15) is 0 Å². The minimum atomic E-state index is -0.358. The Kier molecular flexibility index (Phi) is 4.57. The van der Waals surface area contributed by atoms with Gasteiger partial charge in [-0.1, -0.05) is 30.1 Å². The molecule has 1 aliphatic carbocycles. The Hall–Kier alpha value is -1.30. The molecule has 0 spiro atoms. The van der Waals surface area contributed by atoms with Gasteiger partial charge in [-0.05, 0) is 43.4 Å². The van der Waals surface area contributed by atoms with Crippen LogP contribution in [-0.2, 0) is 12.8 Å². The Morgan fingerprint density at radius 2 is 2.18 bits per heavy atom. The predicted octanol–water partition coefficient (Wildman–Crippen LogP) is 5.22. The number of aryl methyl sites for hydroxylation is 1. The number of urea groups is 1. The summed E-state index contributed by atoms with van der Waals surface area (Å²) in [7, 11) is 0. The van der Waals surface area contributed by atoms with Crippen molar-refractivity contribution in [2.45, 2.75) is 26.2 Å². The molecule has 1 aliphatic rings. The number of benzene rings is 1. The number of carbonyl (C=O) groups excluding carboxylic acids is 1. The Bertz CT molecular complexity index is 717. The summed E-state index contributed by atoms with van der Waals surface area (Å²) in [6, 6.07) is 4.57. The van der Waals surface area contributed by atoms with Crippen LogP contribution in [0.3, 0.4) is 0 Å². The maximum Gasteiger partial charge on any atom is 0.325 e. The van der Waals surface area contributed by atoms with E-state index in [0.29, 0.717) is 26.8 Å². The second-order valence-electron chi connectivity index (χ2n) is 5.44. The van der Waals surface area contributed by atoms with Crippen molar-refractivity contribution >= 4 is 51.4 Å². The number of thiazole rings is 1. The van der Waals surface area contributed by atoms with E-state index >= 15 is 0 Å². The number of hydrogen-bond donors (Lipinski definition) is 2. The molecule has 116 valence electrons. The smallest absolute Gasteiger partial charge is 0.306 e. The molecule has 1 atom stereocenters. The number of fused-ring (bicyclic) bond motifs is 1. The normalized spacial score (nSPS) is 17.0. The SMILES string of the molecule is CC1CCc2nc(NC(=O)Nc3ccc(Cl)cc3Cl)sc2C1.